The molecule has 3 aliphatic carbocycles. The minimum absolute atomic E-state index is 0.0372. The Balaban J connectivity index is 1.66. The molecular weight excluding hydrogens is 566 g/mol. The summed E-state index contributed by atoms with van der Waals surface area (Å²) in [6, 6.07) is 3.39. The zero-order valence-electron chi connectivity index (χ0n) is 23.9. The lowest BCUT2D eigenvalue weighted by Crippen LogP contribution is -2.65. The number of primary amides is 1. The van der Waals surface area contributed by atoms with Crippen molar-refractivity contribution in [2.24, 2.45) is 17.6 Å². The van der Waals surface area contributed by atoms with Crippen LogP contribution in [0.5, 0.6) is 5.75 Å². The number of carbonyl (C=O) groups excluding carboxylic acids is 3. The summed E-state index contributed by atoms with van der Waals surface area (Å²) in [5, 5.41) is 48.6. The highest BCUT2D eigenvalue weighted by Gasteiger charge is 2.64. The number of ketones is 2. The zero-order valence-corrected chi connectivity index (χ0v) is 23.9. The summed E-state index contributed by atoms with van der Waals surface area (Å²) in [4.78, 5) is 42.6. The summed E-state index contributed by atoms with van der Waals surface area (Å²) in [5.74, 6) is -8.99. The van der Waals surface area contributed by atoms with Crippen LogP contribution in [0.15, 0.2) is 41.2 Å². The number of benzene rings is 2. The van der Waals surface area contributed by atoms with Crippen molar-refractivity contribution in [3.63, 3.8) is 0 Å². The van der Waals surface area contributed by atoms with Gasteiger partial charge in [0.1, 0.15) is 34.5 Å². The molecule has 0 radical (unpaired) electrons. The van der Waals surface area contributed by atoms with Gasteiger partial charge in [0.15, 0.2) is 11.4 Å². The van der Waals surface area contributed by atoms with Gasteiger partial charge in [-0.1, -0.05) is 0 Å². The smallest absolute Gasteiger partial charge is 0.255 e. The van der Waals surface area contributed by atoms with E-state index in [1.807, 2.05) is 0 Å². The Kier molecular flexibility index (Phi) is 7.22. The average molecular weight is 599 g/mol. The number of phenolic OH excluding ortho intramolecular Hbond substituents is 1. The summed E-state index contributed by atoms with van der Waals surface area (Å²) in [7, 11) is 6.52. The van der Waals surface area contributed by atoms with Gasteiger partial charge < -0.3 is 36.4 Å². The number of halogens is 2. The van der Waals surface area contributed by atoms with Crippen LogP contribution >= 0.6 is 0 Å². The Morgan fingerprint density at radius 3 is 2.26 bits per heavy atom. The predicted molar refractivity (Wildman–Crippen MR) is 152 cm³/mol. The van der Waals surface area contributed by atoms with Crippen molar-refractivity contribution in [2.75, 3.05) is 38.4 Å². The maximum atomic E-state index is 14.1. The van der Waals surface area contributed by atoms with Gasteiger partial charge in [-0.2, -0.15) is 0 Å². The number of nitrogens with one attached hydrogen (secondary N) is 1. The van der Waals surface area contributed by atoms with Gasteiger partial charge in [-0.05, 0) is 62.2 Å². The lowest BCUT2D eigenvalue weighted by Gasteiger charge is -2.50. The van der Waals surface area contributed by atoms with E-state index in [0.29, 0.717) is 11.3 Å². The number of phenols is 1. The second-order valence-corrected chi connectivity index (χ2v) is 11.6. The van der Waals surface area contributed by atoms with Crippen LogP contribution in [0.25, 0.3) is 5.76 Å². The van der Waals surface area contributed by atoms with Crippen molar-refractivity contribution in [1.82, 2.24) is 4.90 Å². The molecule has 3 aliphatic rings. The quantitative estimate of drug-likeness (QED) is 0.213. The van der Waals surface area contributed by atoms with Crippen LogP contribution in [-0.2, 0) is 27.3 Å². The van der Waals surface area contributed by atoms with Crippen LogP contribution in [0.2, 0.25) is 0 Å². The molecule has 1 fully saturated rings. The van der Waals surface area contributed by atoms with Crippen molar-refractivity contribution in [2.45, 2.75) is 31.0 Å². The second kappa shape index (κ2) is 10.3. The molecule has 0 aromatic heterocycles. The number of aliphatic hydroxyl groups excluding tert-OH is 2. The number of aromatic hydroxyl groups is 1. The first-order valence-electron chi connectivity index (χ1n) is 13.5. The Morgan fingerprint density at radius 2 is 1.70 bits per heavy atom. The third kappa shape index (κ3) is 4.50. The number of hydrogen-bond donors (Lipinski definition) is 6. The lowest BCUT2D eigenvalue weighted by atomic mass is 9.57. The number of anilines is 2. The van der Waals surface area contributed by atoms with E-state index in [4.69, 9.17) is 5.73 Å². The molecule has 1 saturated carbocycles. The molecule has 228 valence electrons. The number of fused-ring (bicyclic) bond motifs is 3. The topological polar surface area (TPSA) is 177 Å². The van der Waals surface area contributed by atoms with Gasteiger partial charge in [0.2, 0.25) is 5.78 Å². The second-order valence-electron chi connectivity index (χ2n) is 11.6. The van der Waals surface area contributed by atoms with E-state index in [9.17, 15) is 43.6 Å². The van der Waals surface area contributed by atoms with Crippen LogP contribution < -0.4 is 16.0 Å². The predicted octanol–water partition coefficient (Wildman–Crippen LogP) is 1.92. The van der Waals surface area contributed by atoms with Crippen molar-refractivity contribution >= 4 is 34.6 Å². The minimum Gasteiger partial charge on any atom is -0.508 e. The van der Waals surface area contributed by atoms with E-state index in [0.717, 1.165) is 18.2 Å². The maximum absolute atomic E-state index is 14.1. The van der Waals surface area contributed by atoms with Gasteiger partial charge in [0, 0.05) is 43.9 Å². The fraction of sp³-hybridized carbons (Fsp3) is 0.367. The van der Waals surface area contributed by atoms with Gasteiger partial charge >= 0.3 is 0 Å². The Hall–Kier alpha value is -4.49. The average Bonchev–Trinajstić information content (AvgIpc) is 2.89. The van der Waals surface area contributed by atoms with Crippen LogP contribution in [0, 0.1) is 23.5 Å². The molecule has 11 nitrogen and oxygen atoms in total. The van der Waals surface area contributed by atoms with E-state index >= 15 is 0 Å². The monoisotopic (exact) mass is 598 g/mol. The van der Waals surface area contributed by atoms with Gasteiger partial charge in [-0.25, -0.2) is 8.78 Å². The van der Waals surface area contributed by atoms with Crippen molar-refractivity contribution in [3.8, 4) is 5.75 Å². The third-order valence-electron chi connectivity index (χ3n) is 8.58. The highest BCUT2D eigenvalue weighted by Crippen LogP contribution is 2.54. The number of Topliss-reactive ketones (excluding diaryl/α,β-unsaturated/α-hetero) is 2. The summed E-state index contributed by atoms with van der Waals surface area (Å²) < 4.78 is 27.5. The Labute approximate surface area is 245 Å². The van der Waals surface area contributed by atoms with Gasteiger partial charge in [-0.15, -0.1) is 0 Å². The normalized spacial score (nSPS) is 25.0. The van der Waals surface area contributed by atoms with Crippen molar-refractivity contribution < 1.29 is 43.6 Å². The molecule has 0 unspecified atom stereocenters. The fourth-order valence-electron chi connectivity index (χ4n) is 6.74. The molecule has 0 saturated heterocycles. The number of nitrogens with two attached hydrogens (primary N) is 1. The Bertz CT molecular complexity index is 1630. The molecular formula is C30H32F2N4O7. The molecule has 2 aromatic rings. The fourth-order valence-corrected chi connectivity index (χ4v) is 6.74. The van der Waals surface area contributed by atoms with Crippen LogP contribution in [0.3, 0.4) is 0 Å². The first kappa shape index (κ1) is 30.0. The van der Waals surface area contributed by atoms with Crippen LogP contribution in [0.1, 0.15) is 23.1 Å². The molecule has 2 aromatic carbocycles. The number of amides is 1. The molecule has 0 heterocycles. The summed E-state index contributed by atoms with van der Waals surface area (Å²) in [6.45, 7) is -0.0945. The SMILES string of the molecule is CN(C)c1cc(NCc2cc(F)cc(F)c2)c(O)c2c1C[C@H]1C[C@@H]3[C@H](N(C)C)C(=O)C(C(N)=O)=C(O)[C@]3(O)C(=O)C1=C2O. The Morgan fingerprint density at radius 1 is 1.07 bits per heavy atom. The first-order valence-corrected chi connectivity index (χ1v) is 13.5. The van der Waals surface area contributed by atoms with E-state index in [1.165, 1.54) is 19.0 Å². The molecule has 4 atom stereocenters. The molecule has 0 spiro atoms. The third-order valence-corrected chi connectivity index (χ3v) is 8.58. The molecule has 1 amide bonds. The minimum atomic E-state index is -2.75. The number of aliphatic hydroxyl groups is 3. The highest BCUT2D eigenvalue weighted by molar-refractivity contribution is 6.24. The number of likely N-dealkylation sites (N-methyl/N-ethyl adjacent to an activating group) is 1. The number of hydrogen-bond acceptors (Lipinski definition) is 10. The lowest BCUT2D eigenvalue weighted by molar-refractivity contribution is -0.153. The number of carbonyl (C=O) groups is 3. The highest BCUT2D eigenvalue weighted by atomic mass is 19.1. The first-order chi connectivity index (χ1) is 20.1. The van der Waals surface area contributed by atoms with Crippen LogP contribution in [-0.4, -0.2) is 82.6 Å². The zero-order chi connectivity index (χ0) is 31.7. The molecule has 7 N–H and O–H groups in total. The molecule has 13 heteroatoms. The van der Waals surface area contributed by atoms with Crippen LogP contribution in [0.4, 0.5) is 20.2 Å². The van der Waals surface area contributed by atoms with Gasteiger partial charge in [0.05, 0.1) is 17.3 Å². The summed E-state index contributed by atoms with van der Waals surface area (Å²) in [5.41, 5.74) is 2.72. The largest absolute Gasteiger partial charge is 0.508 e. The van der Waals surface area contributed by atoms with E-state index in [1.54, 1.807) is 25.1 Å². The summed E-state index contributed by atoms with van der Waals surface area (Å²) >= 11 is 0. The maximum Gasteiger partial charge on any atom is 0.255 e. The van der Waals surface area contributed by atoms with E-state index in [-0.39, 0.29) is 41.8 Å². The molecule has 43 heavy (non-hydrogen) atoms. The molecule has 5 rings (SSSR count). The molecule has 0 aliphatic heterocycles. The van der Waals surface area contributed by atoms with Gasteiger partial charge in [-0.3, -0.25) is 19.3 Å². The number of rotatable bonds is 6. The van der Waals surface area contributed by atoms with Crippen molar-refractivity contribution in [1.29, 1.82) is 0 Å². The van der Waals surface area contributed by atoms with E-state index in [2.05, 4.69) is 5.32 Å². The van der Waals surface area contributed by atoms with Gasteiger partial charge in [0.25, 0.3) is 5.91 Å². The molecule has 0 bridgehead atoms. The number of nitrogens with zero attached hydrogens (tertiary/aromatic N) is 2. The van der Waals surface area contributed by atoms with Crippen molar-refractivity contribution in [3.05, 3.63) is 69.5 Å². The summed E-state index contributed by atoms with van der Waals surface area (Å²) in [6.07, 6.45) is 0.0789. The van der Waals surface area contributed by atoms with E-state index < -0.39 is 75.4 Å². The standard InChI is InChI=1S/C30H32F2N4O7/c1-35(2)19-10-18(34-11-12-5-14(31)9-15(32)6-12)24(37)21-16(19)7-13-8-17-23(36(3)4)26(39)22(29(33)42)28(41)30(17,43)27(40)20(13)25(21)38/h5-6,9-10,13,17,23,34,37-38,41,43H,7-8,11H2,1-4H3,(H2,33,42)/t13-,17+,23-,30+/m0/s1.